The molecule has 0 aliphatic carbocycles. The zero-order valence-electron chi connectivity index (χ0n) is 21.5. The maximum Gasteiger partial charge on any atom is 0.264 e. The highest BCUT2D eigenvalue weighted by Gasteiger charge is 2.26. The molecule has 4 aromatic rings. The molecule has 2 heterocycles. The van der Waals surface area contributed by atoms with Gasteiger partial charge < -0.3 is 15.0 Å². The van der Waals surface area contributed by atoms with Crippen molar-refractivity contribution < 1.29 is 14.3 Å². The number of aromatic nitrogens is 1. The highest BCUT2D eigenvalue weighted by Crippen LogP contribution is 2.36. The fraction of sp³-hybridized carbons (Fsp3) is 0.241. The minimum absolute atomic E-state index is 0.142. The van der Waals surface area contributed by atoms with Crippen molar-refractivity contribution in [3.63, 3.8) is 0 Å². The average molecular weight is 513 g/mol. The minimum atomic E-state index is -0.356. The van der Waals surface area contributed by atoms with E-state index in [9.17, 15) is 14.9 Å². The first-order chi connectivity index (χ1) is 17.8. The molecule has 4 rings (SSSR count). The van der Waals surface area contributed by atoms with Gasteiger partial charge in [-0.15, -0.1) is 11.3 Å². The largest absolute Gasteiger partial charge is 0.497 e. The molecule has 0 aliphatic heterocycles. The number of anilines is 1. The molecule has 0 spiro atoms. The van der Waals surface area contributed by atoms with Crippen molar-refractivity contribution in [1.82, 2.24) is 9.88 Å². The van der Waals surface area contributed by atoms with Gasteiger partial charge in [-0.3, -0.25) is 9.59 Å². The lowest BCUT2D eigenvalue weighted by Gasteiger charge is -2.17. The molecule has 0 atom stereocenters. The summed E-state index contributed by atoms with van der Waals surface area (Å²) in [6.45, 7) is 8.57. The molecule has 1 N–H and O–H groups in total. The van der Waals surface area contributed by atoms with E-state index in [0.717, 1.165) is 22.6 Å². The first kappa shape index (κ1) is 25.9. The zero-order chi connectivity index (χ0) is 26.7. The molecule has 2 aromatic carbocycles. The predicted molar refractivity (Wildman–Crippen MR) is 147 cm³/mol. The maximum atomic E-state index is 13.8. The lowest BCUT2D eigenvalue weighted by atomic mass is 9.97. The van der Waals surface area contributed by atoms with Crippen molar-refractivity contribution in [2.75, 3.05) is 25.5 Å². The molecule has 0 aliphatic rings. The summed E-state index contributed by atoms with van der Waals surface area (Å²) < 4.78 is 5.28. The average Bonchev–Trinajstić information content (AvgIpc) is 3.23. The summed E-state index contributed by atoms with van der Waals surface area (Å²) in [6.07, 6.45) is 0. The van der Waals surface area contributed by atoms with Gasteiger partial charge in [0.25, 0.3) is 11.8 Å². The Bertz CT molecular complexity index is 1530. The van der Waals surface area contributed by atoms with Crippen LogP contribution < -0.4 is 10.1 Å². The Morgan fingerprint density at radius 1 is 1.05 bits per heavy atom. The summed E-state index contributed by atoms with van der Waals surface area (Å²) in [4.78, 5) is 33.8. The van der Waals surface area contributed by atoms with Crippen LogP contribution in [0.5, 0.6) is 5.75 Å². The Morgan fingerprint density at radius 3 is 2.35 bits per heavy atom. The van der Waals surface area contributed by atoms with Crippen LogP contribution in [0.3, 0.4) is 0 Å². The molecular formula is C29H28N4O3S. The van der Waals surface area contributed by atoms with Crippen LogP contribution in [0.1, 0.15) is 50.6 Å². The molecule has 0 fully saturated rings. The maximum absolute atomic E-state index is 13.8. The third-order valence-corrected chi connectivity index (χ3v) is 7.65. The van der Waals surface area contributed by atoms with Gasteiger partial charge in [0.05, 0.1) is 34.3 Å². The minimum Gasteiger partial charge on any atom is -0.497 e. The number of hydrogen-bond donors (Lipinski definition) is 1. The Kier molecular flexibility index (Phi) is 7.55. The van der Waals surface area contributed by atoms with Gasteiger partial charge in [-0.1, -0.05) is 18.2 Å². The molecule has 188 valence electrons. The summed E-state index contributed by atoms with van der Waals surface area (Å²) >= 11 is 1.14. The molecule has 8 heteroatoms. The van der Waals surface area contributed by atoms with E-state index in [1.807, 2.05) is 69.3 Å². The van der Waals surface area contributed by atoms with Crippen molar-refractivity contribution in [3.05, 3.63) is 75.7 Å². The van der Waals surface area contributed by atoms with Crippen LogP contribution in [0.4, 0.5) is 5.00 Å². The van der Waals surface area contributed by atoms with E-state index in [4.69, 9.17) is 9.72 Å². The molecule has 0 radical (unpaired) electrons. The summed E-state index contributed by atoms with van der Waals surface area (Å²) in [5, 5.41) is 13.9. The van der Waals surface area contributed by atoms with E-state index in [0.29, 0.717) is 61.8 Å². The summed E-state index contributed by atoms with van der Waals surface area (Å²) in [7, 11) is 1.61. The second kappa shape index (κ2) is 10.8. The molecular weight excluding hydrogens is 484 g/mol. The second-order valence-electron chi connectivity index (χ2n) is 8.51. The Balaban J connectivity index is 1.81. The normalized spacial score (nSPS) is 10.7. The lowest BCUT2D eigenvalue weighted by Crippen LogP contribution is -2.30. The van der Waals surface area contributed by atoms with Gasteiger partial charge in [0.15, 0.2) is 0 Å². The predicted octanol–water partition coefficient (Wildman–Crippen LogP) is 6.19. The number of hydrogen-bond acceptors (Lipinski definition) is 6. The van der Waals surface area contributed by atoms with Gasteiger partial charge in [0, 0.05) is 24.0 Å². The number of thiophene rings is 1. The quantitative estimate of drug-likeness (QED) is 0.318. The highest BCUT2D eigenvalue weighted by molar-refractivity contribution is 7.18. The number of nitrogens with one attached hydrogen (secondary N) is 1. The van der Waals surface area contributed by atoms with Gasteiger partial charge in [0.2, 0.25) is 0 Å². The molecule has 0 unspecified atom stereocenters. The number of methoxy groups -OCH3 is 1. The van der Waals surface area contributed by atoms with Crippen LogP contribution >= 0.6 is 11.3 Å². The number of ether oxygens (including phenoxy) is 1. The first-order valence-corrected chi connectivity index (χ1v) is 12.8. The van der Waals surface area contributed by atoms with Gasteiger partial charge in [-0.25, -0.2) is 4.98 Å². The molecule has 7 nitrogen and oxygen atoms in total. The summed E-state index contributed by atoms with van der Waals surface area (Å²) in [6, 6.07) is 17.2. The van der Waals surface area contributed by atoms with Crippen LogP contribution in [0.15, 0.2) is 48.5 Å². The number of benzene rings is 2. The number of para-hydroxylation sites is 1. The fourth-order valence-electron chi connectivity index (χ4n) is 4.39. The third-order valence-electron chi connectivity index (χ3n) is 6.46. The third kappa shape index (κ3) is 4.78. The number of nitrogens with zero attached hydrogens (tertiary/aromatic N) is 3. The van der Waals surface area contributed by atoms with Crippen LogP contribution in [0, 0.1) is 25.2 Å². The van der Waals surface area contributed by atoms with Crippen molar-refractivity contribution >= 4 is 39.1 Å². The second-order valence-corrected chi connectivity index (χ2v) is 9.53. The SMILES string of the molecule is CCN(CC)C(=O)c1sc(NC(=O)c2c(C)c(-c3ccc(OC)cc3)nc3ccccc23)c(C#N)c1C. The van der Waals surface area contributed by atoms with Crippen molar-refractivity contribution in [1.29, 1.82) is 5.26 Å². The van der Waals surface area contributed by atoms with E-state index in [1.54, 1.807) is 18.9 Å². The summed E-state index contributed by atoms with van der Waals surface area (Å²) in [5.41, 5.74) is 4.30. The molecule has 0 saturated carbocycles. The number of carbonyl (C=O) groups is 2. The van der Waals surface area contributed by atoms with E-state index in [-0.39, 0.29) is 11.8 Å². The standard InChI is InChI=1S/C29H28N4O3S/c1-6-33(7-2)29(35)26-17(3)22(16-30)28(37-26)32-27(34)24-18(4)25(19-12-14-20(36-5)15-13-19)31-23-11-9-8-10-21(23)24/h8-15H,6-7H2,1-5H3,(H,32,34). The highest BCUT2D eigenvalue weighted by atomic mass is 32.1. The Labute approximate surface area is 220 Å². The number of rotatable bonds is 7. The number of amides is 2. The van der Waals surface area contributed by atoms with E-state index >= 15 is 0 Å². The van der Waals surface area contributed by atoms with E-state index < -0.39 is 0 Å². The fourth-order valence-corrected chi connectivity index (χ4v) is 5.51. The van der Waals surface area contributed by atoms with Crippen molar-refractivity contribution in [2.24, 2.45) is 0 Å². The number of fused-ring (bicyclic) bond motifs is 1. The monoisotopic (exact) mass is 512 g/mol. The van der Waals surface area contributed by atoms with Gasteiger partial charge in [-0.2, -0.15) is 5.26 Å². The van der Waals surface area contributed by atoms with Crippen LogP contribution in [0.2, 0.25) is 0 Å². The van der Waals surface area contributed by atoms with Crippen LogP contribution in [0.25, 0.3) is 22.2 Å². The van der Waals surface area contributed by atoms with E-state index in [1.165, 1.54) is 0 Å². The Hall–Kier alpha value is -4.22. The summed E-state index contributed by atoms with van der Waals surface area (Å²) in [5.74, 6) is 0.231. The zero-order valence-corrected chi connectivity index (χ0v) is 22.3. The van der Waals surface area contributed by atoms with Crippen LogP contribution in [-0.4, -0.2) is 41.9 Å². The molecule has 0 saturated heterocycles. The Morgan fingerprint density at radius 2 is 1.73 bits per heavy atom. The van der Waals surface area contributed by atoms with Gasteiger partial charge in [0.1, 0.15) is 16.8 Å². The number of nitriles is 1. The molecule has 0 bridgehead atoms. The number of carbonyl (C=O) groups excluding carboxylic acids is 2. The smallest absolute Gasteiger partial charge is 0.264 e. The van der Waals surface area contributed by atoms with Gasteiger partial charge in [-0.05, 0) is 69.2 Å². The van der Waals surface area contributed by atoms with Gasteiger partial charge >= 0.3 is 0 Å². The molecule has 37 heavy (non-hydrogen) atoms. The lowest BCUT2D eigenvalue weighted by molar-refractivity contribution is 0.0777. The van der Waals surface area contributed by atoms with Crippen molar-refractivity contribution in [2.45, 2.75) is 27.7 Å². The topological polar surface area (TPSA) is 95.3 Å². The molecule has 2 aromatic heterocycles. The number of pyridine rings is 1. The van der Waals surface area contributed by atoms with E-state index in [2.05, 4.69) is 11.4 Å². The van der Waals surface area contributed by atoms with Crippen molar-refractivity contribution in [3.8, 4) is 23.1 Å². The first-order valence-electron chi connectivity index (χ1n) is 12.0. The van der Waals surface area contributed by atoms with Crippen LogP contribution in [-0.2, 0) is 0 Å². The molecule has 2 amide bonds.